The molecule has 0 spiro atoms. The molecule has 7 rings (SSSR count). The van der Waals surface area contributed by atoms with Crippen LogP contribution in [0, 0.1) is 42.4 Å². The minimum absolute atomic E-state index is 0.0773. The van der Waals surface area contributed by atoms with Crippen molar-refractivity contribution in [3.8, 4) is 0 Å². The second kappa shape index (κ2) is 6.14. The molecule has 2 bridgehead atoms. The summed E-state index contributed by atoms with van der Waals surface area (Å²) >= 11 is 0. The number of benzene rings is 2. The molecule has 2 saturated carbocycles. The Hall–Kier alpha value is -3.21. The second-order valence-corrected chi connectivity index (χ2v) is 9.03. The van der Waals surface area contributed by atoms with Gasteiger partial charge >= 0.3 is 0 Å². The van der Waals surface area contributed by atoms with Crippen molar-refractivity contribution < 1.29 is 14.4 Å². The number of amides is 3. The van der Waals surface area contributed by atoms with Gasteiger partial charge in [0.2, 0.25) is 11.8 Å². The molecule has 6 unspecified atom stereocenters. The first-order chi connectivity index (χ1) is 14.5. The maximum Gasteiger partial charge on any atom is 0.255 e. The van der Waals surface area contributed by atoms with Gasteiger partial charge in [-0.3, -0.25) is 19.3 Å². The van der Waals surface area contributed by atoms with Crippen LogP contribution in [-0.4, -0.2) is 17.7 Å². The molecule has 150 valence electrons. The quantitative estimate of drug-likeness (QED) is 0.632. The van der Waals surface area contributed by atoms with Crippen LogP contribution < -0.4 is 10.2 Å². The van der Waals surface area contributed by atoms with Gasteiger partial charge in [-0.05, 0) is 73.4 Å². The highest BCUT2D eigenvalue weighted by Gasteiger charge is 2.67. The summed E-state index contributed by atoms with van der Waals surface area (Å²) in [5, 5.41) is 2.87. The number of hydrogen-bond donors (Lipinski definition) is 1. The van der Waals surface area contributed by atoms with Crippen molar-refractivity contribution in [2.75, 3.05) is 10.2 Å². The molecule has 1 aliphatic heterocycles. The average Bonchev–Trinajstić information content (AvgIpc) is 3.53. The summed E-state index contributed by atoms with van der Waals surface area (Å²) in [6, 6.07) is 14.3. The summed E-state index contributed by atoms with van der Waals surface area (Å²) in [5.74, 6) is 0.814. The first kappa shape index (κ1) is 17.6. The van der Waals surface area contributed by atoms with E-state index in [0.29, 0.717) is 23.1 Å². The van der Waals surface area contributed by atoms with Crippen LogP contribution in [0.2, 0.25) is 0 Å². The van der Waals surface area contributed by atoms with Crippen LogP contribution in [0.4, 0.5) is 11.4 Å². The van der Waals surface area contributed by atoms with Crippen molar-refractivity contribution in [3.63, 3.8) is 0 Å². The van der Waals surface area contributed by atoms with E-state index in [9.17, 15) is 14.4 Å². The zero-order valence-corrected chi connectivity index (χ0v) is 16.6. The van der Waals surface area contributed by atoms with E-state index < -0.39 is 0 Å². The molecule has 3 amide bonds. The van der Waals surface area contributed by atoms with Crippen molar-refractivity contribution >= 4 is 29.1 Å². The van der Waals surface area contributed by atoms with Gasteiger partial charge in [-0.25, -0.2) is 0 Å². The lowest BCUT2D eigenvalue weighted by Crippen LogP contribution is -2.40. The third-order valence-electron chi connectivity index (χ3n) is 7.36. The molecular weight excluding hydrogens is 376 g/mol. The van der Waals surface area contributed by atoms with Gasteiger partial charge in [0.1, 0.15) is 0 Å². The van der Waals surface area contributed by atoms with Gasteiger partial charge in [-0.1, -0.05) is 29.8 Å². The summed E-state index contributed by atoms with van der Waals surface area (Å²) in [6.07, 6.45) is 5.50. The molecule has 2 aromatic carbocycles. The molecule has 1 saturated heterocycles. The summed E-state index contributed by atoms with van der Waals surface area (Å²) in [7, 11) is 0. The number of nitrogens with one attached hydrogen (secondary N) is 1. The van der Waals surface area contributed by atoms with E-state index >= 15 is 0 Å². The molecular formula is C25H22N2O3. The number of nitrogens with zero attached hydrogens (tertiary/aromatic N) is 1. The lowest BCUT2D eigenvalue weighted by atomic mass is 9.63. The minimum Gasteiger partial charge on any atom is -0.322 e. The Labute approximate surface area is 174 Å². The first-order valence-corrected chi connectivity index (χ1v) is 10.6. The van der Waals surface area contributed by atoms with Crippen LogP contribution in [0.25, 0.3) is 0 Å². The normalized spacial score (nSPS) is 32.8. The second-order valence-electron chi connectivity index (χ2n) is 9.03. The Bertz CT molecular complexity index is 1070. The number of aryl methyl sites for hydroxylation is 1. The predicted molar refractivity (Wildman–Crippen MR) is 113 cm³/mol. The highest BCUT2D eigenvalue weighted by atomic mass is 16.2. The van der Waals surface area contributed by atoms with E-state index in [2.05, 4.69) is 17.5 Å². The average molecular weight is 398 g/mol. The molecule has 2 aromatic rings. The molecule has 5 aliphatic rings. The number of hydrogen-bond acceptors (Lipinski definition) is 3. The largest absolute Gasteiger partial charge is 0.322 e. The monoisotopic (exact) mass is 398 g/mol. The van der Waals surface area contributed by atoms with Gasteiger partial charge in [0.05, 0.1) is 17.5 Å². The van der Waals surface area contributed by atoms with E-state index in [0.717, 1.165) is 17.7 Å². The molecule has 0 aromatic heterocycles. The molecule has 6 atom stereocenters. The zero-order valence-electron chi connectivity index (χ0n) is 16.6. The van der Waals surface area contributed by atoms with Crippen LogP contribution in [-0.2, 0) is 9.59 Å². The number of carbonyl (C=O) groups is 3. The van der Waals surface area contributed by atoms with E-state index in [-0.39, 0.29) is 41.4 Å². The van der Waals surface area contributed by atoms with Gasteiger partial charge in [-0.15, -0.1) is 0 Å². The van der Waals surface area contributed by atoms with Crippen molar-refractivity contribution in [1.82, 2.24) is 0 Å². The minimum atomic E-state index is -0.222. The highest BCUT2D eigenvalue weighted by molar-refractivity contribution is 6.22. The Morgan fingerprint density at radius 1 is 0.867 bits per heavy atom. The third kappa shape index (κ3) is 2.44. The third-order valence-corrected chi connectivity index (χ3v) is 7.36. The van der Waals surface area contributed by atoms with Crippen molar-refractivity contribution in [1.29, 1.82) is 0 Å². The number of anilines is 2. The van der Waals surface area contributed by atoms with E-state index in [1.54, 1.807) is 24.3 Å². The molecule has 4 aliphatic carbocycles. The Morgan fingerprint density at radius 3 is 2.00 bits per heavy atom. The van der Waals surface area contributed by atoms with Gasteiger partial charge in [-0.2, -0.15) is 0 Å². The van der Waals surface area contributed by atoms with Crippen LogP contribution in [0.5, 0.6) is 0 Å². The lowest BCUT2D eigenvalue weighted by Gasteiger charge is -2.37. The Balaban J connectivity index is 1.23. The smallest absolute Gasteiger partial charge is 0.255 e. The molecule has 5 nitrogen and oxygen atoms in total. The first-order valence-electron chi connectivity index (χ1n) is 10.6. The maximum absolute atomic E-state index is 13.2. The lowest BCUT2D eigenvalue weighted by molar-refractivity contribution is -0.124. The topological polar surface area (TPSA) is 66.5 Å². The van der Waals surface area contributed by atoms with E-state index in [4.69, 9.17) is 0 Å². The van der Waals surface area contributed by atoms with Crippen molar-refractivity contribution in [2.45, 2.75) is 13.3 Å². The SMILES string of the molecule is Cc1ccc(NC(=O)c2ccc(N3C(=O)C4C5C=CC(C6CC56)C4C3=O)cc2)cc1. The van der Waals surface area contributed by atoms with Crippen LogP contribution in [0.3, 0.4) is 0 Å². The number of imide groups is 1. The van der Waals surface area contributed by atoms with Gasteiger partial charge in [0.25, 0.3) is 5.91 Å². The fourth-order valence-corrected chi connectivity index (χ4v) is 5.81. The molecule has 5 heteroatoms. The van der Waals surface area contributed by atoms with Crippen LogP contribution in [0.1, 0.15) is 22.3 Å². The fraction of sp³-hybridized carbons (Fsp3) is 0.320. The molecule has 3 fully saturated rings. The highest BCUT2D eigenvalue weighted by Crippen LogP contribution is 2.65. The Kier molecular flexibility index (Phi) is 3.61. The predicted octanol–water partition coefficient (Wildman–Crippen LogP) is 3.80. The van der Waals surface area contributed by atoms with Crippen LogP contribution >= 0.6 is 0 Å². The van der Waals surface area contributed by atoms with Crippen molar-refractivity contribution in [2.24, 2.45) is 35.5 Å². The Morgan fingerprint density at radius 2 is 1.43 bits per heavy atom. The molecule has 1 N–H and O–H groups in total. The molecule has 0 radical (unpaired) electrons. The zero-order chi connectivity index (χ0) is 20.6. The maximum atomic E-state index is 13.2. The number of carbonyl (C=O) groups excluding carboxylic acids is 3. The molecule has 30 heavy (non-hydrogen) atoms. The van der Waals surface area contributed by atoms with Gasteiger partial charge in [0.15, 0.2) is 0 Å². The molecule has 1 heterocycles. The van der Waals surface area contributed by atoms with E-state index in [1.807, 2.05) is 31.2 Å². The summed E-state index contributed by atoms with van der Waals surface area (Å²) in [4.78, 5) is 40.3. The van der Waals surface area contributed by atoms with E-state index in [1.165, 1.54) is 4.90 Å². The van der Waals surface area contributed by atoms with Crippen LogP contribution in [0.15, 0.2) is 60.7 Å². The fourth-order valence-electron chi connectivity index (χ4n) is 5.81. The summed E-state index contributed by atoms with van der Waals surface area (Å²) < 4.78 is 0. The number of rotatable bonds is 3. The number of allylic oxidation sites excluding steroid dienone is 2. The summed E-state index contributed by atoms with van der Waals surface area (Å²) in [6.45, 7) is 1.99. The standard InChI is InChI=1S/C25H22N2O3/c1-13-2-6-15(7-3-13)26-23(28)14-4-8-16(9-5-14)27-24(29)21-17-10-11-18(20-12-19(17)20)22(21)25(27)30/h2-11,17-22H,12H2,1H3,(H,26,28). The summed E-state index contributed by atoms with van der Waals surface area (Å²) in [5.41, 5.74) is 2.89. The van der Waals surface area contributed by atoms with Crippen molar-refractivity contribution in [3.05, 3.63) is 71.8 Å². The van der Waals surface area contributed by atoms with Gasteiger partial charge in [0, 0.05) is 11.3 Å². The van der Waals surface area contributed by atoms with Gasteiger partial charge < -0.3 is 5.32 Å².